The fourth-order valence-corrected chi connectivity index (χ4v) is 9.83. The fraction of sp³-hybridized carbons (Fsp3) is 0.395. The van der Waals surface area contributed by atoms with Gasteiger partial charge in [-0.15, -0.1) is 0 Å². The Morgan fingerprint density at radius 3 is 2.37 bits per heavy atom. The molecule has 0 spiro atoms. The van der Waals surface area contributed by atoms with Crippen LogP contribution < -0.4 is 20.1 Å². The molecule has 1 atom stereocenters. The van der Waals surface area contributed by atoms with Gasteiger partial charge < -0.3 is 20.1 Å². The first-order valence-corrected chi connectivity index (χ1v) is 19.9. The molecule has 15 nitrogen and oxygen atoms in total. The van der Waals surface area contributed by atoms with Gasteiger partial charge in [0, 0.05) is 48.2 Å². The van der Waals surface area contributed by atoms with Crippen molar-refractivity contribution in [3.63, 3.8) is 0 Å². The summed E-state index contributed by atoms with van der Waals surface area (Å²) in [5, 5.41) is 14.1. The van der Waals surface area contributed by atoms with Crippen LogP contribution in [0, 0.1) is 22.2 Å². The lowest BCUT2D eigenvalue weighted by molar-refractivity contribution is -0.216. The van der Waals surface area contributed by atoms with Crippen molar-refractivity contribution in [3.05, 3.63) is 99.5 Å². The maximum atomic E-state index is 14.3. The molecule has 16 heteroatoms. The Morgan fingerprint density at radius 2 is 1.68 bits per heavy atom. The van der Waals surface area contributed by atoms with Crippen molar-refractivity contribution >= 4 is 47.0 Å². The average molecular weight is 819 g/mol. The summed E-state index contributed by atoms with van der Waals surface area (Å²) in [6.07, 6.45) is 4.39. The molecule has 4 aliphatic rings. The van der Waals surface area contributed by atoms with Crippen molar-refractivity contribution in [2.45, 2.75) is 91.2 Å². The minimum absolute atomic E-state index is 0.0133. The van der Waals surface area contributed by atoms with Gasteiger partial charge >= 0.3 is 0 Å². The number of anilines is 1. The summed E-state index contributed by atoms with van der Waals surface area (Å²) in [6, 6.07) is 13.3. The smallest absolute Gasteiger partial charge is 0.262 e. The number of nitrogens with zero attached hydrogens (tertiary/aromatic N) is 7. The molecule has 5 heterocycles. The number of primary amides is 1. The molecule has 1 unspecified atom stereocenters. The third kappa shape index (κ3) is 6.74. The fourth-order valence-electron chi connectivity index (χ4n) is 9.62. The summed E-state index contributed by atoms with van der Waals surface area (Å²) in [5.41, 5.74) is 7.13. The number of aromatic nitrogens is 3. The minimum Gasteiger partial charge on any atom is -0.494 e. The van der Waals surface area contributed by atoms with Crippen LogP contribution in [0.4, 0.5) is 5.82 Å². The van der Waals surface area contributed by atoms with Crippen LogP contribution in [-0.4, -0.2) is 78.9 Å². The van der Waals surface area contributed by atoms with Crippen LogP contribution in [0.2, 0.25) is 5.02 Å². The van der Waals surface area contributed by atoms with E-state index < -0.39 is 52.6 Å². The second-order valence-electron chi connectivity index (χ2n) is 16.7. The van der Waals surface area contributed by atoms with Crippen LogP contribution in [0.25, 0.3) is 0 Å². The van der Waals surface area contributed by atoms with E-state index in [4.69, 9.17) is 26.8 Å². The third-order valence-electron chi connectivity index (χ3n) is 12.1. The van der Waals surface area contributed by atoms with Crippen molar-refractivity contribution in [2.75, 3.05) is 11.5 Å². The highest BCUT2D eigenvalue weighted by Crippen LogP contribution is 2.58. The first-order chi connectivity index (χ1) is 28.1. The number of unbranched alkanes of at least 4 members (excludes halogenated alkanes) is 1. The summed E-state index contributed by atoms with van der Waals surface area (Å²) >= 11 is 6.26. The Balaban J connectivity index is 0.874. The van der Waals surface area contributed by atoms with Gasteiger partial charge in [-0.3, -0.25) is 38.5 Å². The lowest BCUT2D eigenvalue weighted by atomic mass is 9.48. The number of hydrogen-bond donors (Lipinski definition) is 1. The molecular formula is C43H43ClN8O7. The van der Waals surface area contributed by atoms with E-state index in [1.807, 2.05) is 44.6 Å². The first-order valence-electron chi connectivity index (χ1n) is 19.5. The molecule has 304 valence electrons. The van der Waals surface area contributed by atoms with E-state index in [0.29, 0.717) is 55.3 Å². The van der Waals surface area contributed by atoms with Crippen LogP contribution in [0.5, 0.6) is 11.5 Å². The summed E-state index contributed by atoms with van der Waals surface area (Å²) in [7, 11) is 0. The van der Waals surface area contributed by atoms with Gasteiger partial charge in [0.1, 0.15) is 35.5 Å². The highest BCUT2D eigenvalue weighted by Gasteiger charge is 2.68. The Kier molecular flexibility index (Phi) is 9.94. The van der Waals surface area contributed by atoms with E-state index in [1.165, 1.54) is 11.1 Å². The Labute approximate surface area is 345 Å². The number of likely N-dealkylation sites (tertiary alicyclic amines) is 1. The largest absolute Gasteiger partial charge is 0.494 e. The van der Waals surface area contributed by atoms with Crippen molar-refractivity contribution in [1.82, 2.24) is 24.6 Å². The number of aryl methyl sites for hydroxylation is 1. The number of hydrogen-bond acceptors (Lipinski definition) is 11. The van der Waals surface area contributed by atoms with Gasteiger partial charge in [-0.1, -0.05) is 39.3 Å². The molecule has 1 aliphatic carbocycles. The summed E-state index contributed by atoms with van der Waals surface area (Å²) in [6.45, 7) is 10.00. The van der Waals surface area contributed by atoms with Gasteiger partial charge in [0.2, 0.25) is 11.8 Å². The highest BCUT2D eigenvalue weighted by atomic mass is 35.5. The number of halogens is 1. The summed E-state index contributed by atoms with van der Waals surface area (Å²) in [5.74, 6) is -1.03. The maximum absolute atomic E-state index is 14.3. The Morgan fingerprint density at radius 1 is 0.932 bits per heavy atom. The van der Waals surface area contributed by atoms with Gasteiger partial charge in [-0.25, -0.2) is 4.98 Å². The van der Waals surface area contributed by atoms with Crippen LogP contribution in [-0.2, 0) is 29.2 Å². The predicted molar refractivity (Wildman–Crippen MR) is 213 cm³/mol. The van der Waals surface area contributed by atoms with E-state index in [-0.39, 0.29) is 34.9 Å². The number of benzene rings is 2. The first kappa shape index (κ1) is 39.6. The molecule has 5 amide bonds. The standard InChI is InChI=1S/C43H43ClN8O7/c1-42(2)40(43(3,4)41(42)59-28-9-7-24(19-45)31(44)18-28)52-35(53)14-12-32(39(52)57)51-37(55)29-11-10-27(17-30(29)38(51)56)58-16-6-5-15-50-33-23-49(22-26(33)21-48-50)34-13-8-25(20-47-34)36(46)54/h7-11,13,17-18,20-21,32,40-41H,5-6,12,14-16,22-23H2,1-4H3,(H2,46,54). The number of piperidine rings is 1. The van der Waals surface area contributed by atoms with Crippen molar-refractivity contribution in [2.24, 2.45) is 16.6 Å². The number of fused-ring (bicyclic) bond motifs is 2. The van der Waals surface area contributed by atoms with Gasteiger partial charge in [0.25, 0.3) is 17.7 Å². The van der Waals surface area contributed by atoms with Gasteiger partial charge in [-0.05, 0) is 61.7 Å². The highest BCUT2D eigenvalue weighted by molar-refractivity contribution is 6.31. The molecule has 8 rings (SSSR count). The SMILES string of the molecule is CC1(C)C(Oc2ccc(C#N)c(Cl)c2)C(C)(C)C1N1C(=O)CCC(N2C(=O)c3ccc(OCCCCn4ncc5c4CN(c4ccc(C(N)=O)cn4)C5)cc3C2=O)C1=O. The van der Waals surface area contributed by atoms with E-state index >= 15 is 0 Å². The molecule has 2 N–H and O–H groups in total. The molecule has 4 aromatic rings. The molecule has 2 aromatic carbocycles. The maximum Gasteiger partial charge on any atom is 0.262 e. The number of nitriles is 1. The van der Waals surface area contributed by atoms with E-state index in [1.54, 1.807) is 48.5 Å². The van der Waals surface area contributed by atoms with Crippen LogP contribution in [0.1, 0.15) is 101 Å². The molecule has 1 saturated heterocycles. The molecule has 2 fully saturated rings. The van der Waals surface area contributed by atoms with E-state index in [0.717, 1.165) is 28.4 Å². The lowest BCUT2D eigenvalue weighted by Gasteiger charge is -2.65. The monoisotopic (exact) mass is 818 g/mol. The van der Waals surface area contributed by atoms with Crippen molar-refractivity contribution in [1.29, 1.82) is 5.26 Å². The summed E-state index contributed by atoms with van der Waals surface area (Å²) < 4.78 is 14.4. The second-order valence-corrected chi connectivity index (χ2v) is 17.1. The number of carbonyl (C=O) groups excluding carboxylic acids is 5. The van der Waals surface area contributed by atoms with E-state index in [2.05, 4.69) is 15.0 Å². The zero-order valence-corrected chi connectivity index (χ0v) is 33.9. The number of imide groups is 2. The van der Waals surface area contributed by atoms with Gasteiger partial charge in [0.05, 0.1) is 58.4 Å². The zero-order valence-electron chi connectivity index (χ0n) is 33.1. The number of carbonyl (C=O) groups is 5. The summed E-state index contributed by atoms with van der Waals surface area (Å²) in [4.78, 5) is 75.6. The normalized spacial score (nSPS) is 21.6. The molecule has 59 heavy (non-hydrogen) atoms. The molecule has 0 bridgehead atoms. The van der Waals surface area contributed by atoms with Crippen LogP contribution in [0.15, 0.2) is 60.9 Å². The quantitative estimate of drug-likeness (QED) is 0.144. The average Bonchev–Trinajstić information content (AvgIpc) is 3.87. The predicted octanol–water partition coefficient (Wildman–Crippen LogP) is 5.28. The minimum atomic E-state index is -1.15. The Bertz CT molecular complexity index is 2440. The number of amides is 5. The molecule has 2 aromatic heterocycles. The topological polar surface area (TPSA) is 194 Å². The number of rotatable bonds is 12. The second kappa shape index (κ2) is 14.8. The molecule has 0 radical (unpaired) electrons. The van der Waals surface area contributed by atoms with E-state index in [9.17, 15) is 29.2 Å². The van der Waals surface area contributed by atoms with Crippen molar-refractivity contribution in [3.8, 4) is 17.6 Å². The Hall–Kier alpha value is -6.27. The zero-order chi connectivity index (χ0) is 42.0. The number of ether oxygens (including phenoxy) is 2. The molecule has 3 aliphatic heterocycles. The van der Waals surface area contributed by atoms with Crippen LogP contribution >= 0.6 is 11.6 Å². The van der Waals surface area contributed by atoms with Crippen LogP contribution in [0.3, 0.4) is 0 Å². The molecular weight excluding hydrogens is 776 g/mol. The lowest BCUT2D eigenvalue weighted by Crippen LogP contribution is -2.77. The van der Waals surface area contributed by atoms with Gasteiger partial charge in [-0.2, -0.15) is 10.4 Å². The number of pyridine rings is 1. The molecule has 1 saturated carbocycles. The van der Waals surface area contributed by atoms with Crippen molar-refractivity contribution < 1.29 is 33.4 Å². The van der Waals surface area contributed by atoms with Gasteiger partial charge in [0.15, 0.2) is 0 Å². The third-order valence-corrected chi connectivity index (χ3v) is 12.4. The number of nitrogens with two attached hydrogens (primary N) is 1.